The number of carbonyl (C=O) groups is 1. The van der Waals surface area contributed by atoms with Crippen molar-refractivity contribution in [2.45, 2.75) is 32.9 Å². The Kier molecular flexibility index (Phi) is 6.53. The van der Waals surface area contributed by atoms with Crippen LogP contribution in [0.25, 0.3) is 11.5 Å². The van der Waals surface area contributed by atoms with Crippen LogP contribution in [-0.2, 0) is 30.7 Å². The van der Waals surface area contributed by atoms with Gasteiger partial charge in [-0.1, -0.05) is 55.5 Å². The normalized spacial score (nSPS) is 10.7. The molecule has 0 saturated carbocycles. The van der Waals surface area contributed by atoms with Crippen molar-refractivity contribution in [1.29, 1.82) is 0 Å². The molecule has 156 valence electrons. The number of hydrogen-bond donors (Lipinski definition) is 0. The number of oxazole rings is 1. The predicted molar refractivity (Wildman–Crippen MR) is 120 cm³/mol. The first kappa shape index (κ1) is 20.5. The third-order valence-corrected chi connectivity index (χ3v) is 5.16. The lowest BCUT2D eigenvalue weighted by Crippen LogP contribution is -2.31. The minimum atomic E-state index is -0.00340. The van der Waals surface area contributed by atoms with Gasteiger partial charge in [-0.2, -0.15) is 0 Å². The molecule has 0 bridgehead atoms. The molecule has 0 atom stereocenters. The molecule has 2 aromatic heterocycles. The Bertz CT molecular complexity index is 1110. The highest BCUT2D eigenvalue weighted by molar-refractivity contribution is 5.78. The van der Waals surface area contributed by atoms with Gasteiger partial charge in [-0.05, 0) is 41.3 Å². The molecule has 2 aromatic carbocycles. The summed E-state index contributed by atoms with van der Waals surface area (Å²) in [7, 11) is 0. The molecule has 0 aliphatic carbocycles. The molecule has 5 heteroatoms. The minimum absolute atomic E-state index is 0.00340. The molecule has 0 fully saturated rings. The van der Waals surface area contributed by atoms with Crippen molar-refractivity contribution in [3.05, 3.63) is 108 Å². The van der Waals surface area contributed by atoms with E-state index in [0.29, 0.717) is 24.7 Å². The first-order valence-corrected chi connectivity index (χ1v) is 10.5. The maximum Gasteiger partial charge on any atom is 0.229 e. The maximum atomic E-state index is 13.2. The van der Waals surface area contributed by atoms with Gasteiger partial charge in [0, 0.05) is 31.0 Å². The van der Waals surface area contributed by atoms with E-state index < -0.39 is 0 Å². The van der Waals surface area contributed by atoms with Crippen LogP contribution in [0, 0.1) is 0 Å². The average molecular weight is 412 g/mol. The molecule has 31 heavy (non-hydrogen) atoms. The van der Waals surface area contributed by atoms with Crippen LogP contribution in [0.4, 0.5) is 0 Å². The number of aryl methyl sites for hydroxylation is 1. The second-order valence-corrected chi connectivity index (χ2v) is 7.47. The van der Waals surface area contributed by atoms with Gasteiger partial charge in [0.2, 0.25) is 11.8 Å². The molecular weight excluding hydrogens is 386 g/mol. The van der Waals surface area contributed by atoms with Crippen molar-refractivity contribution >= 4 is 5.91 Å². The molecule has 0 radical (unpaired) electrons. The Hall–Kier alpha value is -3.73. The largest absolute Gasteiger partial charge is 0.444 e. The first-order valence-electron chi connectivity index (χ1n) is 10.5. The standard InChI is InChI=1S/C26H25N3O2/c1-2-20-10-12-21(13-11-20)17-29(18-22-7-6-14-27-16-22)25(30)15-24-19-31-26(28-24)23-8-4-3-5-9-23/h3-14,16,19H,2,15,17-18H2,1H3. The summed E-state index contributed by atoms with van der Waals surface area (Å²) in [5.41, 5.74) is 4.89. The van der Waals surface area contributed by atoms with Crippen molar-refractivity contribution in [2.24, 2.45) is 0 Å². The van der Waals surface area contributed by atoms with Crippen LogP contribution in [0.2, 0.25) is 0 Å². The van der Waals surface area contributed by atoms with Gasteiger partial charge in [0.25, 0.3) is 0 Å². The predicted octanol–water partition coefficient (Wildman–Crippen LogP) is 5.07. The zero-order valence-electron chi connectivity index (χ0n) is 17.6. The van der Waals surface area contributed by atoms with Crippen LogP contribution in [0.3, 0.4) is 0 Å². The smallest absolute Gasteiger partial charge is 0.229 e. The highest BCUT2D eigenvalue weighted by Gasteiger charge is 2.18. The minimum Gasteiger partial charge on any atom is -0.444 e. The molecule has 4 aromatic rings. The highest BCUT2D eigenvalue weighted by atomic mass is 16.3. The number of hydrogen-bond acceptors (Lipinski definition) is 4. The molecule has 4 rings (SSSR count). The Balaban J connectivity index is 1.51. The van der Waals surface area contributed by atoms with Gasteiger partial charge in [-0.3, -0.25) is 9.78 Å². The fourth-order valence-corrected chi connectivity index (χ4v) is 3.41. The van der Waals surface area contributed by atoms with E-state index in [2.05, 4.69) is 41.2 Å². The van der Waals surface area contributed by atoms with E-state index in [1.54, 1.807) is 18.7 Å². The quantitative estimate of drug-likeness (QED) is 0.406. The van der Waals surface area contributed by atoms with Gasteiger partial charge in [-0.15, -0.1) is 0 Å². The van der Waals surface area contributed by atoms with E-state index in [9.17, 15) is 4.79 Å². The van der Waals surface area contributed by atoms with Crippen LogP contribution in [0.5, 0.6) is 0 Å². The number of pyridine rings is 1. The molecule has 0 N–H and O–H groups in total. The number of carbonyl (C=O) groups excluding carboxylic acids is 1. The molecule has 5 nitrogen and oxygen atoms in total. The lowest BCUT2D eigenvalue weighted by atomic mass is 10.1. The molecule has 0 spiro atoms. The second kappa shape index (κ2) is 9.85. The molecule has 2 heterocycles. The van der Waals surface area contributed by atoms with E-state index in [1.165, 1.54) is 5.56 Å². The highest BCUT2D eigenvalue weighted by Crippen LogP contribution is 2.19. The summed E-state index contributed by atoms with van der Waals surface area (Å²) in [6.45, 7) is 3.15. The Morgan fingerprint density at radius 3 is 2.35 bits per heavy atom. The van der Waals surface area contributed by atoms with Crippen molar-refractivity contribution in [3.8, 4) is 11.5 Å². The van der Waals surface area contributed by atoms with Crippen LogP contribution in [-0.4, -0.2) is 20.8 Å². The van der Waals surface area contributed by atoms with Gasteiger partial charge < -0.3 is 9.32 Å². The first-order chi connectivity index (χ1) is 15.2. The summed E-state index contributed by atoms with van der Waals surface area (Å²) in [5, 5.41) is 0. The lowest BCUT2D eigenvalue weighted by molar-refractivity contribution is -0.131. The van der Waals surface area contributed by atoms with Crippen LogP contribution < -0.4 is 0 Å². The number of nitrogens with zero attached hydrogens (tertiary/aromatic N) is 3. The van der Waals surface area contributed by atoms with E-state index in [4.69, 9.17) is 4.42 Å². The zero-order chi connectivity index (χ0) is 21.5. The van der Waals surface area contributed by atoms with Crippen LogP contribution in [0.15, 0.2) is 89.8 Å². The van der Waals surface area contributed by atoms with Gasteiger partial charge in [-0.25, -0.2) is 4.98 Å². The lowest BCUT2D eigenvalue weighted by Gasteiger charge is -2.23. The summed E-state index contributed by atoms with van der Waals surface area (Å²) in [5.74, 6) is 0.522. The van der Waals surface area contributed by atoms with E-state index in [-0.39, 0.29) is 12.3 Å². The van der Waals surface area contributed by atoms with Crippen molar-refractivity contribution < 1.29 is 9.21 Å². The average Bonchev–Trinajstić information content (AvgIpc) is 3.29. The summed E-state index contributed by atoms with van der Waals surface area (Å²) < 4.78 is 5.60. The molecule has 0 aliphatic heterocycles. The third kappa shape index (κ3) is 5.45. The monoisotopic (exact) mass is 411 g/mol. The number of rotatable bonds is 8. The van der Waals surface area contributed by atoms with Gasteiger partial charge >= 0.3 is 0 Å². The van der Waals surface area contributed by atoms with Gasteiger partial charge in [0.1, 0.15) is 6.26 Å². The van der Waals surface area contributed by atoms with E-state index >= 15 is 0 Å². The molecule has 0 aliphatic rings. The topological polar surface area (TPSA) is 59.2 Å². The summed E-state index contributed by atoms with van der Waals surface area (Å²) >= 11 is 0. The second-order valence-electron chi connectivity index (χ2n) is 7.47. The Labute approximate surface area is 182 Å². The molecule has 0 unspecified atom stereocenters. The summed E-state index contributed by atoms with van der Waals surface area (Å²) in [4.78, 5) is 23.8. The summed E-state index contributed by atoms with van der Waals surface area (Å²) in [6, 6.07) is 22.0. The number of aromatic nitrogens is 2. The third-order valence-electron chi connectivity index (χ3n) is 5.16. The summed E-state index contributed by atoms with van der Waals surface area (Å²) in [6.07, 6.45) is 6.28. The number of amides is 1. The molecular formula is C26H25N3O2. The SMILES string of the molecule is CCc1ccc(CN(Cc2cccnc2)C(=O)Cc2coc(-c3ccccc3)n2)cc1. The van der Waals surface area contributed by atoms with Crippen molar-refractivity contribution in [2.75, 3.05) is 0 Å². The van der Waals surface area contributed by atoms with Gasteiger partial charge in [0.15, 0.2) is 0 Å². The fraction of sp³-hybridized carbons (Fsp3) is 0.192. The Morgan fingerprint density at radius 2 is 1.65 bits per heavy atom. The Morgan fingerprint density at radius 1 is 0.903 bits per heavy atom. The van der Waals surface area contributed by atoms with E-state index in [1.807, 2.05) is 47.4 Å². The van der Waals surface area contributed by atoms with Crippen molar-refractivity contribution in [1.82, 2.24) is 14.9 Å². The molecule has 1 amide bonds. The van der Waals surface area contributed by atoms with E-state index in [0.717, 1.165) is 23.1 Å². The maximum absolute atomic E-state index is 13.2. The van der Waals surface area contributed by atoms with Crippen LogP contribution in [0.1, 0.15) is 29.3 Å². The van der Waals surface area contributed by atoms with Crippen molar-refractivity contribution in [3.63, 3.8) is 0 Å². The fourth-order valence-electron chi connectivity index (χ4n) is 3.41. The van der Waals surface area contributed by atoms with Gasteiger partial charge in [0.05, 0.1) is 12.1 Å². The zero-order valence-corrected chi connectivity index (χ0v) is 17.6. The number of benzene rings is 2. The van der Waals surface area contributed by atoms with Crippen LogP contribution >= 0.6 is 0 Å². The molecule has 0 saturated heterocycles.